The highest BCUT2D eigenvalue weighted by atomic mass is 35.5. The maximum atomic E-state index is 12.5. The largest absolute Gasteiger partial charge is 0.506 e. The van der Waals surface area contributed by atoms with E-state index in [0.29, 0.717) is 0 Å². The van der Waals surface area contributed by atoms with Gasteiger partial charge in [-0.3, -0.25) is 4.99 Å². The van der Waals surface area contributed by atoms with Crippen molar-refractivity contribution in [3.63, 3.8) is 0 Å². The van der Waals surface area contributed by atoms with Crippen LogP contribution in [0.15, 0.2) is 35.3 Å². The highest BCUT2D eigenvalue weighted by Gasteiger charge is 2.30. The average molecular weight is 369 g/mol. The quantitative estimate of drug-likeness (QED) is 0.636. The van der Waals surface area contributed by atoms with Crippen molar-refractivity contribution in [2.75, 3.05) is 0 Å². The third-order valence-electron chi connectivity index (χ3n) is 2.68. The molecule has 0 saturated carbocycles. The third-order valence-corrected chi connectivity index (χ3v) is 3.48. The van der Waals surface area contributed by atoms with Gasteiger partial charge < -0.3 is 5.11 Å². The van der Waals surface area contributed by atoms with Gasteiger partial charge in [-0.25, -0.2) is 0 Å². The van der Waals surface area contributed by atoms with Crippen LogP contribution in [0.4, 0.5) is 18.9 Å². The van der Waals surface area contributed by atoms with E-state index in [1.807, 2.05) is 0 Å². The monoisotopic (exact) mass is 367 g/mol. The Labute approximate surface area is 138 Å². The van der Waals surface area contributed by atoms with Crippen LogP contribution >= 0.6 is 34.8 Å². The zero-order valence-corrected chi connectivity index (χ0v) is 12.9. The van der Waals surface area contributed by atoms with E-state index < -0.39 is 11.7 Å². The van der Waals surface area contributed by atoms with Crippen LogP contribution in [0.1, 0.15) is 11.1 Å². The van der Waals surface area contributed by atoms with Crippen molar-refractivity contribution in [2.45, 2.75) is 6.18 Å². The lowest BCUT2D eigenvalue weighted by Gasteiger charge is -2.08. The molecule has 0 spiro atoms. The Kier molecular flexibility index (Phi) is 4.90. The van der Waals surface area contributed by atoms with Crippen molar-refractivity contribution in [2.24, 2.45) is 4.99 Å². The van der Waals surface area contributed by atoms with Gasteiger partial charge in [0.2, 0.25) is 0 Å². The van der Waals surface area contributed by atoms with Gasteiger partial charge in [-0.2, -0.15) is 13.2 Å². The lowest BCUT2D eigenvalue weighted by Crippen LogP contribution is -2.04. The lowest BCUT2D eigenvalue weighted by atomic mass is 10.2. The molecule has 22 heavy (non-hydrogen) atoms. The molecule has 0 radical (unpaired) electrons. The van der Waals surface area contributed by atoms with Gasteiger partial charge in [-0.05, 0) is 30.3 Å². The molecule has 2 aromatic rings. The molecule has 116 valence electrons. The summed E-state index contributed by atoms with van der Waals surface area (Å²) in [6.45, 7) is 0. The van der Waals surface area contributed by atoms with Gasteiger partial charge in [0.25, 0.3) is 0 Å². The van der Waals surface area contributed by atoms with E-state index in [9.17, 15) is 18.3 Å². The first kappa shape index (κ1) is 16.9. The minimum Gasteiger partial charge on any atom is -0.506 e. The maximum Gasteiger partial charge on any atom is 0.416 e. The molecular weight excluding hydrogens is 362 g/mol. The first-order valence-corrected chi connectivity index (χ1v) is 6.90. The van der Waals surface area contributed by atoms with Crippen molar-refractivity contribution in [1.29, 1.82) is 0 Å². The summed E-state index contributed by atoms with van der Waals surface area (Å²) in [7, 11) is 0. The molecule has 0 fully saturated rings. The SMILES string of the molecule is Oc1c(Cl)cc(Cl)cc1/C=N/c1ccc(C(F)(F)F)cc1Cl. The molecule has 0 bridgehead atoms. The van der Waals surface area contributed by atoms with Gasteiger partial charge >= 0.3 is 6.18 Å². The summed E-state index contributed by atoms with van der Waals surface area (Å²) < 4.78 is 37.6. The van der Waals surface area contributed by atoms with Gasteiger partial charge in [0.05, 0.1) is 21.3 Å². The number of hydrogen-bond donors (Lipinski definition) is 1. The van der Waals surface area contributed by atoms with Gasteiger partial charge in [0.15, 0.2) is 0 Å². The van der Waals surface area contributed by atoms with E-state index in [4.69, 9.17) is 34.8 Å². The van der Waals surface area contributed by atoms with E-state index in [2.05, 4.69) is 4.99 Å². The molecule has 0 saturated heterocycles. The Morgan fingerprint density at radius 3 is 2.27 bits per heavy atom. The van der Waals surface area contributed by atoms with Crippen LogP contribution in [0.25, 0.3) is 0 Å². The number of hydrogen-bond acceptors (Lipinski definition) is 2. The molecule has 2 aromatic carbocycles. The number of aliphatic imine (C=N–C) groups is 1. The van der Waals surface area contributed by atoms with Gasteiger partial charge in [0.1, 0.15) is 5.75 Å². The molecule has 2 rings (SSSR count). The lowest BCUT2D eigenvalue weighted by molar-refractivity contribution is -0.137. The Morgan fingerprint density at radius 1 is 1.00 bits per heavy atom. The second kappa shape index (κ2) is 6.36. The van der Waals surface area contributed by atoms with Gasteiger partial charge in [0, 0.05) is 16.8 Å². The summed E-state index contributed by atoms with van der Waals surface area (Å²) in [5.41, 5.74) is -0.538. The van der Waals surface area contributed by atoms with Crippen molar-refractivity contribution in [3.8, 4) is 5.75 Å². The van der Waals surface area contributed by atoms with E-state index in [1.165, 1.54) is 18.3 Å². The van der Waals surface area contributed by atoms with Crippen LogP contribution in [0.3, 0.4) is 0 Å². The molecular formula is C14H7Cl3F3NO. The molecule has 0 aliphatic heterocycles. The molecule has 2 nitrogen and oxygen atoms in total. The predicted molar refractivity (Wildman–Crippen MR) is 81.8 cm³/mol. The zero-order chi connectivity index (χ0) is 16.5. The van der Waals surface area contributed by atoms with Crippen LogP contribution in [0.2, 0.25) is 15.1 Å². The van der Waals surface area contributed by atoms with Crippen LogP contribution in [0, 0.1) is 0 Å². The first-order valence-electron chi connectivity index (χ1n) is 5.77. The van der Waals surface area contributed by atoms with E-state index in [0.717, 1.165) is 18.2 Å². The Morgan fingerprint density at radius 2 is 1.68 bits per heavy atom. The number of aromatic hydroxyl groups is 1. The molecule has 0 atom stereocenters. The van der Waals surface area contributed by atoms with Crippen molar-refractivity contribution in [1.82, 2.24) is 0 Å². The molecule has 0 aromatic heterocycles. The summed E-state index contributed by atoms with van der Waals surface area (Å²) in [5.74, 6) is -0.238. The number of phenols is 1. The van der Waals surface area contributed by atoms with Gasteiger partial charge in [-0.1, -0.05) is 34.8 Å². The van der Waals surface area contributed by atoms with Crippen molar-refractivity contribution < 1.29 is 18.3 Å². The summed E-state index contributed by atoms with van der Waals surface area (Å²) in [6.07, 6.45) is -3.27. The molecule has 1 N–H and O–H groups in total. The maximum absolute atomic E-state index is 12.5. The van der Waals surface area contributed by atoms with Crippen LogP contribution in [-0.2, 0) is 6.18 Å². The molecule has 0 unspecified atom stereocenters. The van der Waals surface area contributed by atoms with Crippen molar-refractivity contribution >= 4 is 46.7 Å². The Balaban J connectivity index is 2.35. The zero-order valence-electron chi connectivity index (χ0n) is 10.6. The summed E-state index contributed by atoms with van der Waals surface area (Å²) in [5, 5.41) is 9.90. The van der Waals surface area contributed by atoms with Crippen LogP contribution < -0.4 is 0 Å². The molecule has 0 heterocycles. The minimum absolute atomic E-state index is 0.0347. The Hall–Kier alpha value is -1.43. The normalized spacial score (nSPS) is 12.1. The fourth-order valence-corrected chi connectivity index (χ4v) is 2.35. The molecule has 0 aliphatic carbocycles. The van der Waals surface area contributed by atoms with E-state index in [1.54, 1.807) is 0 Å². The fourth-order valence-electron chi connectivity index (χ4n) is 1.61. The average Bonchev–Trinajstić information content (AvgIpc) is 2.41. The van der Waals surface area contributed by atoms with Crippen LogP contribution in [-0.4, -0.2) is 11.3 Å². The highest BCUT2D eigenvalue weighted by Crippen LogP contribution is 2.35. The third kappa shape index (κ3) is 3.85. The second-order valence-electron chi connectivity index (χ2n) is 4.25. The second-order valence-corrected chi connectivity index (χ2v) is 5.50. The summed E-state index contributed by atoms with van der Waals surface area (Å²) in [6, 6.07) is 5.53. The highest BCUT2D eigenvalue weighted by molar-refractivity contribution is 6.36. The van der Waals surface area contributed by atoms with E-state index >= 15 is 0 Å². The standard InChI is InChI=1S/C14H7Cl3F3NO/c15-9-3-7(13(22)11(17)5-9)6-21-12-2-1-8(4-10(12)16)14(18,19)20/h1-6,22H/b21-6+. The number of nitrogens with zero attached hydrogens (tertiary/aromatic N) is 1. The molecule has 0 aliphatic rings. The molecule has 8 heteroatoms. The van der Waals surface area contributed by atoms with Crippen molar-refractivity contribution in [3.05, 3.63) is 56.5 Å². The summed E-state index contributed by atoms with van der Waals surface area (Å²) in [4.78, 5) is 3.94. The summed E-state index contributed by atoms with van der Waals surface area (Å²) >= 11 is 17.3. The number of halogens is 6. The Bertz CT molecular complexity index is 745. The van der Waals surface area contributed by atoms with Crippen LogP contribution in [0.5, 0.6) is 5.75 Å². The fraction of sp³-hybridized carbons (Fsp3) is 0.0714. The number of phenolic OH excluding ortho intramolecular Hbond substituents is 1. The smallest absolute Gasteiger partial charge is 0.416 e. The molecule has 0 amide bonds. The van der Waals surface area contributed by atoms with Gasteiger partial charge in [-0.15, -0.1) is 0 Å². The van der Waals surface area contributed by atoms with E-state index in [-0.39, 0.29) is 32.1 Å². The topological polar surface area (TPSA) is 32.6 Å². The number of alkyl halides is 3. The number of benzene rings is 2. The number of rotatable bonds is 2. The minimum atomic E-state index is -4.48. The predicted octanol–water partition coefficient (Wildman–Crippen LogP) is 6.12. The first-order chi connectivity index (χ1) is 10.2.